The van der Waals surface area contributed by atoms with Crippen molar-refractivity contribution in [2.45, 2.75) is 25.4 Å². The second-order valence-electron chi connectivity index (χ2n) is 9.38. The summed E-state index contributed by atoms with van der Waals surface area (Å²) >= 11 is 0. The summed E-state index contributed by atoms with van der Waals surface area (Å²) in [6.07, 6.45) is 1.82. The molecule has 4 rings (SSSR count). The van der Waals surface area contributed by atoms with Gasteiger partial charge in [0, 0.05) is 17.8 Å². The van der Waals surface area contributed by atoms with Gasteiger partial charge in [0.05, 0.1) is 41.7 Å². The van der Waals surface area contributed by atoms with E-state index in [9.17, 15) is 29.4 Å². The molecular weight excluding hydrogens is 558 g/mol. The number of amides is 2. The summed E-state index contributed by atoms with van der Waals surface area (Å²) in [6.45, 7) is 0.655. The van der Waals surface area contributed by atoms with Gasteiger partial charge in [-0.2, -0.15) is 9.97 Å². The van der Waals surface area contributed by atoms with Gasteiger partial charge in [0.15, 0.2) is 5.82 Å². The second kappa shape index (κ2) is 13.7. The molecule has 2 heterocycles. The van der Waals surface area contributed by atoms with Gasteiger partial charge in [-0.3, -0.25) is 14.6 Å². The first kappa shape index (κ1) is 30.1. The molecule has 15 heteroatoms. The highest BCUT2D eigenvalue weighted by Gasteiger charge is 2.21. The lowest BCUT2D eigenvalue weighted by molar-refractivity contribution is -0.139. The number of hydrogen-bond acceptors (Lipinski definition) is 11. The summed E-state index contributed by atoms with van der Waals surface area (Å²) in [5.74, 6) is -3.00. The fraction of sp³-hybridized carbons (Fsp3) is 0.214. The number of carbonyl (C=O) groups excluding carboxylic acids is 2. The van der Waals surface area contributed by atoms with Crippen molar-refractivity contribution in [3.8, 4) is 0 Å². The van der Waals surface area contributed by atoms with E-state index >= 15 is 0 Å². The van der Waals surface area contributed by atoms with Gasteiger partial charge >= 0.3 is 11.9 Å². The number of benzene rings is 2. The van der Waals surface area contributed by atoms with Crippen LogP contribution in [0.4, 0.5) is 23.3 Å². The van der Waals surface area contributed by atoms with Gasteiger partial charge in [-0.1, -0.05) is 12.1 Å². The van der Waals surface area contributed by atoms with Crippen LogP contribution in [0.1, 0.15) is 49.5 Å². The number of nitrogen functional groups attached to an aromatic ring is 2. The van der Waals surface area contributed by atoms with Gasteiger partial charge in [-0.05, 0) is 49.2 Å². The maximum absolute atomic E-state index is 12.7. The number of rotatable bonds is 12. The first-order valence-electron chi connectivity index (χ1n) is 13.1. The van der Waals surface area contributed by atoms with Gasteiger partial charge in [0.25, 0.3) is 11.8 Å². The zero-order valence-corrected chi connectivity index (χ0v) is 22.8. The largest absolute Gasteiger partial charge is 0.480 e. The van der Waals surface area contributed by atoms with E-state index in [0.717, 1.165) is 0 Å². The Morgan fingerprint density at radius 1 is 0.930 bits per heavy atom. The van der Waals surface area contributed by atoms with Crippen LogP contribution in [-0.4, -0.2) is 75.0 Å². The number of nitrogens with one attached hydrogen (secondary N) is 3. The normalized spacial score (nSPS) is 12.7. The van der Waals surface area contributed by atoms with Crippen molar-refractivity contribution in [1.82, 2.24) is 20.6 Å². The van der Waals surface area contributed by atoms with Gasteiger partial charge in [0.2, 0.25) is 5.95 Å². The molecular formula is C28H29N9O6. The fourth-order valence-electron chi connectivity index (χ4n) is 4.13. The molecule has 43 heavy (non-hydrogen) atoms. The molecule has 0 fully saturated rings. The Hall–Kier alpha value is -5.86. The standard InChI is InChI=1S/C28H29N9O6/c29-22-20-14-33-17(13-34-23(20)37-28(30)36-22)12-32-16-9-7-15(8-10-16)24(38)35-21(27(42)43)6-3-11-31-25(39)18-4-1-2-5-19(18)26(40)41/h1-2,4-5,7-10,13,21,32H,3,6,11-12,14H2,(H,31,39)(H,35,38)(H,40,41)(H,42,43)(H4,29,30,36,37)/t21-/m0/s1. The van der Waals surface area contributed by atoms with Crippen LogP contribution in [0.5, 0.6) is 0 Å². The van der Waals surface area contributed by atoms with Crippen LogP contribution >= 0.6 is 0 Å². The lowest BCUT2D eigenvalue weighted by Gasteiger charge is -2.15. The molecule has 0 spiro atoms. The molecule has 15 nitrogen and oxygen atoms in total. The number of anilines is 3. The Bertz CT molecular complexity index is 1600. The van der Waals surface area contributed by atoms with Gasteiger partial charge in [-0.15, -0.1) is 0 Å². The van der Waals surface area contributed by atoms with E-state index in [1.165, 1.54) is 18.2 Å². The van der Waals surface area contributed by atoms with Crippen molar-refractivity contribution in [3.05, 3.63) is 70.8 Å². The van der Waals surface area contributed by atoms with Crippen LogP contribution in [0.2, 0.25) is 0 Å². The Kier molecular flexibility index (Phi) is 9.57. The van der Waals surface area contributed by atoms with Crippen molar-refractivity contribution < 1.29 is 29.4 Å². The van der Waals surface area contributed by atoms with E-state index in [2.05, 4.69) is 35.9 Å². The molecule has 0 aliphatic carbocycles. The first-order valence-corrected chi connectivity index (χ1v) is 13.1. The summed E-state index contributed by atoms with van der Waals surface area (Å²) in [7, 11) is 0. The van der Waals surface area contributed by atoms with E-state index < -0.39 is 29.8 Å². The number of aromatic carboxylic acids is 1. The van der Waals surface area contributed by atoms with Crippen molar-refractivity contribution in [2.75, 3.05) is 29.9 Å². The summed E-state index contributed by atoms with van der Waals surface area (Å²) < 4.78 is 0. The molecule has 0 saturated carbocycles. The first-order chi connectivity index (χ1) is 20.6. The molecule has 9 N–H and O–H groups in total. The van der Waals surface area contributed by atoms with Crippen molar-refractivity contribution in [3.63, 3.8) is 0 Å². The van der Waals surface area contributed by atoms with Crippen molar-refractivity contribution >= 4 is 59.0 Å². The Balaban J connectivity index is 1.25. The molecule has 222 valence electrons. The molecule has 0 unspecified atom stereocenters. The molecule has 0 radical (unpaired) electrons. The van der Waals surface area contributed by atoms with Crippen LogP contribution in [-0.2, 0) is 11.3 Å². The molecule has 2 amide bonds. The van der Waals surface area contributed by atoms with E-state index in [4.69, 9.17) is 11.5 Å². The maximum atomic E-state index is 12.7. The third-order valence-electron chi connectivity index (χ3n) is 6.39. The number of carbonyl (C=O) groups is 4. The molecule has 1 aromatic heterocycles. The zero-order valence-electron chi connectivity index (χ0n) is 22.8. The third-order valence-corrected chi connectivity index (χ3v) is 6.39. The number of carboxylic acid groups (broad SMARTS) is 2. The smallest absolute Gasteiger partial charge is 0.336 e. The highest BCUT2D eigenvalue weighted by atomic mass is 16.4. The topological polar surface area (TPSA) is 247 Å². The van der Waals surface area contributed by atoms with E-state index in [0.29, 0.717) is 29.3 Å². The molecule has 1 atom stereocenters. The Morgan fingerprint density at radius 3 is 2.35 bits per heavy atom. The predicted octanol–water partition coefficient (Wildman–Crippen LogP) is 1.50. The molecule has 0 bridgehead atoms. The van der Waals surface area contributed by atoms with Gasteiger partial charge < -0.3 is 37.6 Å². The van der Waals surface area contributed by atoms with Crippen LogP contribution in [0.15, 0.2) is 58.5 Å². The summed E-state index contributed by atoms with van der Waals surface area (Å²) in [5.41, 5.74) is 13.5. The van der Waals surface area contributed by atoms with Crippen LogP contribution in [0.25, 0.3) is 0 Å². The monoisotopic (exact) mass is 587 g/mol. The van der Waals surface area contributed by atoms with Crippen molar-refractivity contribution in [2.24, 2.45) is 9.98 Å². The van der Waals surface area contributed by atoms with E-state index in [1.807, 2.05) is 0 Å². The number of aliphatic imine (C=N–C) groups is 2. The maximum Gasteiger partial charge on any atom is 0.336 e. The SMILES string of the molecule is Nc1nc(N)c2c(n1)N=CC(CNc1ccc(C(=O)N[C@@H](CCCNC(=O)c3ccccc3C(=O)O)C(=O)O)cc1)=NC2. The molecule has 2 aromatic carbocycles. The molecule has 0 saturated heterocycles. The third kappa shape index (κ3) is 7.87. The number of aromatic nitrogens is 2. The summed E-state index contributed by atoms with van der Waals surface area (Å²) in [6, 6.07) is 11.0. The zero-order chi connectivity index (χ0) is 30.9. The van der Waals surface area contributed by atoms with Gasteiger partial charge in [0.1, 0.15) is 11.9 Å². The number of hydrogen-bond donors (Lipinski definition) is 7. The Labute approximate surface area is 245 Å². The minimum absolute atomic E-state index is 0.00241. The highest BCUT2D eigenvalue weighted by Crippen LogP contribution is 2.24. The quantitative estimate of drug-likeness (QED) is 0.150. The number of aliphatic carboxylic acids is 1. The van der Waals surface area contributed by atoms with Crippen LogP contribution in [0.3, 0.4) is 0 Å². The molecule has 3 aromatic rings. The molecule has 1 aliphatic rings. The lowest BCUT2D eigenvalue weighted by Crippen LogP contribution is -2.41. The molecule has 1 aliphatic heterocycles. The van der Waals surface area contributed by atoms with E-state index in [-0.39, 0.29) is 54.4 Å². The number of fused-ring (bicyclic) bond motifs is 1. The highest BCUT2D eigenvalue weighted by molar-refractivity contribution is 6.32. The minimum Gasteiger partial charge on any atom is -0.480 e. The average molecular weight is 588 g/mol. The number of nitrogens with two attached hydrogens (primary N) is 2. The second-order valence-corrected chi connectivity index (χ2v) is 9.38. The number of nitrogens with zero attached hydrogens (tertiary/aromatic N) is 4. The average Bonchev–Trinajstić information content (AvgIpc) is 3.20. The van der Waals surface area contributed by atoms with Crippen LogP contribution < -0.4 is 27.4 Å². The van der Waals surface area contributed by atoms with Crippen LogP contribution in [0, 0.1) is 0 Å². The van der Waals surface area contributed by atoms with Crippen molar-refractivity contribution in [1.29, 1.82) is 0 Å². The predicted molar refractivity (Wildman–Crippen MR) is 159 cm³/mol. The lowest BCUT2D eigenvalue weighted by atomic mass is 10.1. The van der Waals surface area contributed by atoms with E-state index in [1.54, 1.807) is 36.5 Å². The summed E-state index contributed by atoms with van der Waals surface area (Å²) in [5, 5.41) is 27.1. The van der Waals surface area contributed by atoms with Gasteiger partial charge in [-0.25, -0.2) is 14.6 Å². The number of carboxylic acids is 2. The Morgan fingerprint density at radius 2 is 1.65 bits per heavy atom. The fourth-order valence-corrected chi connectivity index (χ4v) is 4.13. The summed E-state index contributed by atoms with van der Waals surface area (Å²) in [4.78, 5) is 64.9. The minimum atomic E-state index is -1.23.